The average molecular weight is 562 g/mol. The molecule has 42 heavy (non-hydrogen) atoms. The van der Waals surface area contributed by atoms with Crippen LogP contribution in [0.2, 0.25) is 0 Å². The molecule has 0 aromatic heterocycles. The Kier molecular flexibility index (Phi) is 11.4. The molecule has 1 unspecified atom stereocenters. The lowest BCUT2D eigenvalue weighted by Gasteiger charge is -2.38. The van der Waals surface area contributed by atoms with Crippen molar-refractivity contribution in [3.05, 3.63) is 143 Å². The molecule has 2 atom stereocenters. The zero-order valence-corrected chi connectivity index (χ0v) is 25.0. The molecule has 4 aromatic rings. The zero-order valence-electron chi connectivity index (χ0n) is 25.0. The average Bonchev–Trinajstić information content (AvgIpc) is 3.42. The van der Waals surface area contributed by atoms with Crippen LogP contribution >= 0.6 is 0 Å². The number of nitrogens with zero attached hydrogens (tertiary/aromatic N) is 2. The lowest BCUT2D eigenvalue weighted by Crippen LogP contribution is -2.42. The second kappa shape index (κ2) is 15.4. The minimum absolute atomic E-state index is 0.122. The molecule has 4 aromatic carbocycles. The van der Waals surface area contributed by atoms with E-state index >= 15 is 0 Å². The van der Waals surface area contributed by atoms with Crippen molar-refractivity contribution in [1.29, 1.82) is 0 Å². The molecular weight excluding hydrogens is 518 g/mol. The van der Waals surface area contributed by atoms with E-state index < -0.39 is 0 Å². The van der Waals surface area contributed by atoms with E-state index in [-0.39, 0.29) is 11.8 Å². The van der Waals surface area contributed by atoms with Crippen LogP contribution in [0.1, 0.15) is 63.7 Å². The predicted molar refractivity (Wildman–Crippen MR) is 172 cm³/mol. The predicted octanol–water partition coefficient (Wildman–Crippen LogP) is 6.50. The second-order valence-corrected chi connectivity index (χ2v) is 11.4. The summed E-state index contributed by atoms with van der Waals surface area (Å²) in [5.41, 5.74) is 10.2. The molecule has 1 aliphatic rings. The Balaban J connectivity index is 0.000000216. The van der Waals surface area contributed by atoms with E-state index in [1.165, 1.54) is 11.1 Å². The number of nitrogens with two attached hydrogens (primary N) is 1. The first-order chi connectivity index (χ1) is 20.4. The monoisotopic (exact) mass is 561 g/mol. The molecular formula is C37H43N3O2. The van der Waals surface area contributed by atoms with E-state index in [2.05, 4.69) is 91.4 Å². The van der Waals surface area contributed by atoms with Crippen LogP contribution in [0.15, 0.2) is 115 Å². The highest BCUT2D eigenvalue weighted by Crippen LogP contribution is 2.34. The quantitative estimate of drug-likeness (QED) is 0.177. The molecule has 0 radical (unpaired) electrons. The molecule has 5 heteroatoms. The van der Waals surface area contributed by atoms with Crippen LogP contribution in [-0.2, 0) is 0 Å². The summed E-state index contributed by atoms with van der Waals surface area (Å²) in [5.74, 6) is 0.496. The lowest BCUT2D eigenvalue weighted by molar-refractivity contribution is 0.102. The summed E-state index contributed by atoms with van der Waals surface area (Å²) in [5, 5.41) is 0. The summed E-state index contributed by atoms with van der Waals surface area (Å²) in [4.78, 5) is 28.0. The molecule has 1 fully saturated rings. The van der Waals surface area contributed by atoms with Gasteiger partial charge in [0.15, 0.2) is 12.1 Å². The van der Waals surface area contributed by atoms with Gasteiger partial charge in [-0.15, -0.1) is 0 Å². The number of likely N-dealkylation sites (N-methyl/N-ethyl adjacent to an activating group) is 1. The van der Waals surface area contributed by atoms with Crippen LogP contribution in [0.4, 0.5) is 0 Å². The number of carbonyl (C=O) groups is 2. The van der Waals surface area contributed by atoms with Gasteiger partial charge in [-0.25, -0.2) is 0 Å². The number of benzene rings is 4. The van der Waals surface area contributed by atoms with E-state index in [9.17, 15) is 9.59 Å². The normalized spacial score (nSPS) is 16.8. The molecule has 5 rings (SSSR count). The third-order valence-corrected chi connectivity index (χ3v) is 7.91. The van der Waals surface area contributed by atoms with Crippen LogP contribution < -0.4 is 5.73 Å². The zero-order chi connectivity index (χ0) is 29.9. The maximum absolute atomic E-state index is 12.1. The highest BCUT2D eigenvalue weighted by Gasteiger charge is 2.36. The molecule has 0 spiro atoms. The van der Waals surface area contributed by atoms with Gasteiger partial charge in [-0.1, -0.05) is 129 Å². The van der Waals surface area contributed by atoms with Crippen molar-refractivity contribution in [2.45, 2.75) is 38.4 Å². The first-order valence-electron chi connectivity index (χ1n) is 14.8. The fourth-order valence-corrected chi connectivity index (χ4v) is 5.85. The summed E-state index contributed by atoms with van der Waals surface area (Å²) < 4.78 is 0. The minimum Gasteiger partial charge on any atom is -0.329 e. The molecule has 5 nitrogen and oxygen atoms in total. The summed E-state index contributed by atoms with van der Waals surface area (Å²) >= 11 is 0. The SMILES string of the molecule is CC(C)CN(C(c1ccccc1)c1ccccc1)[C@@H]1CC(CN)N(C)C1.O=Cc1ccccc1C(=O)c1ccccc1. The minimum atomic E-state index is -0.122. The van der Waals surface area contributed by atoms with Crippen LogP contribution in [0.5, 0.6) is 0 Å². The highest BCUT2D eigenvalue weighted by atomic mass is 16.1. The summed E-state index contributed by atoms with van der Waals surface area (Å²) in [7, 11) is 2.21. The highest BCUT2D eigenvalue weighted by molar-refractivity contribution is 6.12. The Morgan fingerprint density at radius 2 is 1.38 bits per heavy atom. The molecule has 0 amide bonds. The lowest BCUT2D eigenvalue weighted by atomic mass is 9.94. The van der Waals surface area contributed by atoms with Gasteiger partial charge in [0.05, 0.1) is 6.04 Å². The Hall–Kier alpha value is -3.90. The molecule has 1 aliphatic heterocycles. The smallest absolute Gasteiger partial charge is 0.193 e. The molecule has 1 heterocycles. The van der Waals surface area contributed by atoms with E-state index in [0.29, 0.717) is 41.0 Å². The van der Waals surface area contributed by atoms with E-state index in [0.717, 1.165) is 26.1 Å². The fraction of sp³-hybridized carbons (Fsp3) is 0.297. The third kappa shape index (κ3) is 7.89. The Morgan fingerprint density at radius 3 is 1.88 bits per heavy atom. The van der Waals surface area contributed by atoms with Crippen LogP contribution in [0, 0.1) is 5.92 Å². The molecule has 218 valence electrons. The van der Waals surface area contributed by atoms with Crippen molar-refractivity contribution in [1.82, 2.24) is 9.80 Å². The molecule has 2 N–H and O–H groups in total. The van der Waals surface area contributed by atoms with Crippen LogP contribution in [0.3, 0.4) is 0 Å². The Bertz CT molecular complexity index is 1350. The van der Waals surface area contributed by atoms with Gasteiger partial charge in [0.25, 0.3) is 0 Å². The van der Waals surface area contributed by atoms with Crippen molar-refractivity contribution in [3.8, 4) is 0 Å². The first kappa shape index (κ1) is 31.0. The van der Waals surface area contributed by atoms with Crippen LogP contribution in [-0.4, -0.2) is 60.6 Å². The van der Waals surface area contributed by atoms with Gasteiger partial charge < -0.3 is 10.6 Å². The largest absolute Gasteiger partial charge is 0.329 e. The molecule has 0 bridgehead atoms. The van der Waals surface area contributed by atoms with E-state index in [1.807, 2.05) is 6.07 Å². The van der Waals surface area contributed by atoms with Crippen LogP contribution in [0.25, 0.3) is 0 Å². The number of hydrogen-bond donors (Lipinski definition) is 1. The second-order valence-electron chi connectivity index (χ2n) is 11.4. The van der Waals surface area contributed by atoms with Crippen molar-refractivity contribution in [2.24, 2.45) is 11.7 Å². The fourth-order valence-electron chi connectivity index (χ4n) is 5.85. The summed E-state index contributed by atoms with van der Waals surface area (Å²) in [6.45, 7) is 7.55. The van der Waals surface area contributed by atoms with Crippen molar-refractivity contribution >= 4 is 12.1 Å². The number of aldehydes is 1. The van der Waals surface area contributed by atoms with Gasteiger partial charge in [-0.05, 0) is 30.5 Å². The maximum atomic E-state index is 12.1. The number of rotatable bonds is 10. The maximum Gasteiger partial charge on any atom is 0.193 e. The number of hydrogen-bond acceptors (Lipinski definition) is 5. The molecule has 0 aliphatic carbocycles. The van der Waals surface area contributed by atoms with Crippen molar-refractivity contribution < 1.29 is 9.59 Å². The molecule has 0 saturated carbocycles. The van der Waals surface area contributed by atoms with Gasteiger partial charge in [0, 0.05) is 48.4 Å². The Morgan fingerprint density at radius 1 is 0.857 bits per heavy atom. The molecule has 1 saturated heterocycles. The van der Waals surface area contributed by atoms with Crippen molar-refractivity contribution in [2.75, 3.05) is 26.7 Å². The number of carbonyl (C=O) groups excluding carboxylic acids is 2. The van der Waals surface area contributed by atoms with Crippen molar-refractivity contribution in [3.63, 3.8) is 0 Å². The van der Waals surface area contributed by atoms with Gasteiger partial charge in [-0.2, -0.15) is 0 Å². The standard InChI is InChI=1S/C23H33N3.C14H10O2/c1-18(2)16-26(22-14-21(15-24)25(3)17-22)23(19-10-6-4-7-11-19)20-12-8-5-9-13-20;15-10-12-8-4-5-9-13(12)14(16)11-6-2-1-3-7-11/h4-13,18,21-23H,14-17,24H2,1-3H3;1-10H/t21?,22-;/m1./s1. The van der Waals surface area contributed by atoms with Gasteiger partial charge in [-0.3, -0.25) is 14.5 Å². The topological polar surface area (TPSA) is 66.6 Å². The Labute approximate surface area is 251 Å². The van der Waals surface area contributed by atoms with E-state index in [1.54, 1.807) is 48.5 Å². The first-order valence-corrected chi connectivity index (χ1v) is 14.8. The van der Waals surface area contributed by atoms with Gasteiger partial charge >= 0.3 is 0 Å². The third-order valence-electron chi connectivity index (χ3n) is 7.91. The van der Waals surface area contributed by atoms with Gasteiger partial charge in [0.2, 0.25) is 0 Å². The number of likely N-dealkylation sites (tertiary alicyclic amines) is 1. The van der Waals surface area contributed by atoms with E-state index in [4.69, 9.17) is 5.73 Å². The number of ketones is 1. The van der Waals surface area contributed by atoms with Gasteiger partial charge in [0.1, 0.15) is 0 Å². The summed E-state index contributed by atoms with van der Waals surface area (Å²) in [6, 6.07) is 38.9. The summed E-state index contributed by atoms with van der Waals surface area (Å²) in [6.07, 6.45) is 1.85.